The molecule has 1 aliphatic heterocycles. The Bertz CT molecular complexity index is 533. The van der Waals surface area contributed by atoms with Crippen LogP contribution in [0.25, 0.3) is 0 Å². The molecule has 3 N–H and O–H groups in total. The zero-order chi connectivity index (χ0) is 14.9. The van der Waals surface area contributed by atoms with Gasteiger partial charge in [-0.3, -0.25) is 9.59 Å². The highest BCUT2D eigenvalue weighted by molar-refractivity contribution is 7.19. The van der Waals surface area contributed by atoms with Gasteiger partial charge < -0.3 is 20.9 Å². The van der Waals surface area contributed by atoms with Crippen molar-refractivity contribution < 1.29 is 9.59 Å². The molecule has 1 aliphatic rings. The predicted molar refractivity (Wildman–Crippen MR) is 81.8 cm³/mol. The van der Waals surface area contributed by atoms with E-state index in [1.807, 2.05) is 0 Å². The first-order valence-corrected chi connectivity index (χ1v) is 7.36. The fraction of sp³-hybridized carbons (Fsp3) is 0.538. The molecule has 1 amide bonds. The summed E-state index contributed by atoms with van der Waals surface area (Å²) in [5.74, 6) is -0.335. The van der Waals surface area contributed by atoms with Gasteiger partial charge in [-0.2, -0.15) is 0 Å². The summed E-state index contributed by atoms with van der Waals surface area (Å²) in [5.41, 5.74) is 6.75. The van der Waals surface area contributed by atoms with E-state index in [4.69, 9.17) is 5.73 Å². The predicted octanol–water partition coefficient (Wildman–Crippen LogP) is 0.644. The average Bonchev–Trinajstić information content (AvgIpc) is 2.76. The van der Waals surface area contributed by atoms with Crippen LogP contribution in [0, 0.1) is 0 Å². The number of thiophene rings is 1. The number of Topliss-reactive ketones (excluding diaryl/α,β-unsaturated/α-hetero) is 1. The van der Waals surface area contributed by atoms with E-state index >= 15 is 0 Å². The third kappa shape index (κ3) is 2.64. The van der Waals surface area contributed by atoms with Gasteiger partial charge in [0.2, 0.25) is 0 Å². The summed E-state index contributed by atoms with van der Waals surface area (Å²) in [4.78, 5) is 28.6. The van der Waals surface area contributed by atoms with Crippen LogP contribution in [0.2, 0.25) is 0 Å². The Balaban J connectivity index is 2.43. The molecule has 0 aromatic carbocycles. The van der Waals surface area contributed by atoms with Gasteiger partial charge in [0.05, 0.1) is 16.1 Å². The highest BCUT2D eigenvalue weighted by atomic mass is 32.1. The number of amides is 1. The molecular weight excluding hydrogens is 276 g/mol. The van der Waals surface area contributed by atoms with E-state index in [-0.39, 0.29) is 11.7 Å². The van der Waals surface area contributed by atoms with Gasteiger partial charge in [-0.15, -0.1) is 11.3 Å². The smallest absolute Gasteiger partial charge is 0.256 e. The number of nitrogens with zero attached hydrogens (tertiary/aromatic N) is 2. The van der Waals surface area contributed by atoms with Gasteiger partial charge in [-0.1, -0.05) is 0 Å². The van der Waals surface area contributed by atoms with E-state index in [0.717, 1.165) is 31.2 Å². The highest BCUT2D eigenvalue weighted by Crippen LogP contribution is 2.38. The van der Waals surface area contributed by atoms with Crippen molar-refractivity contribution in [3.63, 3.8) is 0 Å². The number of nitrogens with two attached hydrogens (primary N) is 1. The van der Waals surface area contributed by atoms with Crippen LogP contribution in [-0.2, 0) is 0 Å². The molecule has 0 aliphatic carbocycles. The molecule has 1 aromatic rings. The van der Waals surface area contributed by atoms with Gasteiger partial charge in [0.15, 0.2) is 5.78 Å². The minimum absolute atomic E-state index is 0.0990. The molecule has 0 spiro atoms. The molecule has 2 heterocycles. The fourth-order valence-electron chi connectivity index (χ4n) is 2.27. The Hall–Kier alpha value is -1.60. The molecule has 0 saturated carbocycles. The van der Waals surface area contributed by atoms with Crippen LogP contribution < -0.4 is 16.0 Å². The molecule has 2 rings (SSSR count). The lowest BCUT2D eigenvalue weighted by Gasteiger charge is -2.33. The number of carbonyl (C=O) groups excluding carboxylic acids is 2. The zero-order valence-corrected chi connectivity index (χ0v) is 12.8. The number of rotatable bonds is 3. The van der Waals surface area contributed by atoms with Crippen LogP contribution >= 0.6 is 11.3 Å². The second kappa shape index (κ2) is 5.80. The molecule has 20 heavy (non-hydrogen) atoms. The van der Waals surface area contributed by atoms with Gasteiger partial charge in [-0.25, -0.2) is 0 Å². The standard InChI is InChI=1S/C13H20N4O2S/c1-8(18)11-10(14)9(12(19)15-2)13(20-11)17-6-4-16(3)5-7-17/h4-7,14H2,1-3H3,(H,15,19). The second-order valence-corrected chi connectivity index (χ2v) is 5.95. The third-order valence-corrected chi connectivity index (χ3v) is 4.86. The molecule has 0 atom stereocenters. The monoisotopic (exact) mass is 296 g/mol. The summed E-state index contributed by atoms with van der Waals surface area (Å²) >= 11 is 1.32. The van der Waals surface area contributed by atoms with Crippen molar-refractivity contribution in [1.29, 1.82) is 0 Å². The van der Waals surface area contributed by atoms with E-state index < -0.39 is 0 Å². The molecule has 7 heteroatoms. The van der Waals surface area contributed by atoms with Crippen LogP contribution in [0.1, 0.15) is 27.0 Å². The van der Waals surface area contributed by atoms with Crippen molar-refractivity contribution in [3.05, 3.63) is 10.4 Å². The van der Waals surface area contributed by atoms with Gasteiger partial charge >= 0.3 is 0 Å². The van der Waals surface area contributed by atoms with Gasteiger partial charge in [0.25, 0.3) is 5.91 Å². The largest absolute Gasteiger partial charge is 0.397 e. The molecule has 0 unspecified atom stereocenters. The van der Waals surface area contributed by atoms with E-state index in [0.29, 0.717) is 16.1 Å². The van der Waals surface area contributed by atoms with E-state index in [2.05, 4.69) is 22.2 Å². The summed E-state index contributed by atoms with van der Waals surface area (Å²) in [6.45, 7) is 5.00. The number of nitrogens with one attached hydrogen (secondary N) is 1. The maximum atomic E-state index is 12.1. The Morgan fingerprint density at radius 2 is 1.85 bits per heavy atom. The summed E-state index contributed by atoms with van der Waals surface area (Å²) in [5, 5.41) is 3.41. The van der Waals surface area contributed by atoms with Gasteiger partial charge in [0.1, 0.15) is 5.00 Å². The number of hydrogen-bond acceptors (Lipinski definition) is 6. The normalized spacial score (nSPS) is 16.2. The Labute approximate surface area is 122 Å². The number of nitrogen functional groups attached to an aromatic ring is 1. The SMILES string of the molecule is CNC(=O)c1c(N2CCN(C)CC2)sc(C(C)=O)c1N. The summed E-state index contributed by atoms with van der Waals surface area (Å²) in [6, 6.07) is 0. The quantitative estimate of drug-likeness (QED) is 0.801. The summed E-state index contributed by atoms with van der Waals surface area (Å²) in [7, 11) is 3.64. The fourth-order valence-corrected chi connectivity index (χ4v) is 3.44. The number of piperazine rings is 1. The van der Waals surface area contributed by atoms with Crippen LogP contribution in [0.4, 0.5) is 10.7 Å². The Morgan fingerprint density at radius 1 is 1.25 bits per heavy atom. The molecule has 0 bridgehead atoms. The zero-order valence-electron chi connectivity index (χ0n) is 12.0. The molecule has 110 valence electrons. The first-order valence-electron chi connectivity index (χ1n) is 6.54. The van der Waals surface area contributed by atoms with Crippen molar-refractivity contribution in [2.45, 2.75) is 6.92 Å². The van der Waals surface area contributed by atoms with E-state index in [9.17, 15) is 9.59 Å². The molecule has 1 fully saturated rings. The molecule has 6 nitrogen and oxygen atoms in total. The molecule has 0 radical (unpaired) electrons. The van der Waals surface area contributed by atoms with Crippen molar-refractivity contribution in [1.82, 2.24) is 10.2 Å². The van der Waals surface area contributed by atoms with Crippen LogP contribution in [-0.4, -0.2) is 56.9 Å². The number of hydrogen-bond donors (Lipinski definition) is 2. The first-order chi connectivity index (χ1) is 9.45. The van der Waals surface area contributed by atoms with E-state index in [1.165, 1.54) is 18.3 Å². The molecule has 1 aromatic heterocycles. The third-order valence-electron chi connectivity index (χ3n) is 3.49. The Kier molecular flexibility index (Phi) is 4.29. The van der Waals surface area contributed by atoms with Crippen molar-refractivity contribution in [3.8, 4) is 0 Å². The Morgan fingerprint density at radius 3 is 2.35 bits per heavy atom. The van der Waals surface area contributed by atoms with Crippen molar-refractivity contribution in [2.75, 3.05) is 50.9 Å². The maximum Gasteiger partial charge on any atom is 0.256 e. The number of anilines is 2. The van der Waals surface area contributed by atoms with Crippen molar-refractivity contribution >= 4 is 33.7 Å². The molecule has 1 saturated heterocycles. The van der Waals surface area contributed by atoms with Crippen LogP contribution in [0.5, 0.6) is 0 Å². The summed E-state index contributed by atoms with van der Waals surface area (Å²) in [6.07, 6.45) is 0. The van der Waals surface area contributed by atoms with Crippen LogP contribution in [0.15, 0.2) is 0 Å². The highest BCUT2D eigenvalue weighted by Gasteiger charge is 2.28. The molecular formula is C13H20N4O2S. The van der Waals surface area contributed by atoms with E-state index in [1.54, 1.807) is 7.05 Å². The van der Waals surface area contributed by atoms with Crippen molar-refractivity contribution in [2.24, 2.45) is 0 Å². The number of carbonyl (C=O) groups is 2. The maximum absolute atomic E-state index is 12.1. The minimum Gasteiger partial charge on any atom is -0.397 e. The lowest BCUT2D eigenvalue weighted by Crippen LogP contribution is -2.44. The second-order valence-electron chi connectivity index (χ2n) is 4.95. The number of ketones is 1. The lowest BCUT2D eigenvalue weighted by atomic mass is 10.2. The topological polar surface area (TPSA) is 78.7 Å². The number of likely N-dealkylation sites (N-methyl/N-ethyl adjacent to an activating group) is 1. The lowest BCUT2D eigenvalue weighted by molar-refractivity contribution is 0.0964. The average molecular weight is 296 g/mol. The van der Waals surface area contributed by atoms with Gasteiger partial charge in [-0.05, 0) is 7.05 Å². The van der Waals surface area contributed by atoms with Gasteiger partial charge in [0, 0.05) is 40.2 Å². The minimum atomic E-state index is -0.236. The first kappa shape index (κ1) is 14.8. The van der Waals surface area contributed by atoms with Crippen LogP contribution in [0.3, 0.4) is 0 Å². The summed E-state index contributed by atoms with van der Waals surface area (Å²) < 4.78 is 0.